The second-order valence-electron chi connectivity index (χ2n) is 5.18. The molecule has 21 heavy (non-hydrogen) atoms. The molecule has 3 aromatic rings. The van der Waals surface area contributed by atoms with Gasteiger partial charge in [-0.05, 0) is 41.8 Å². The van der Waals surface area contributed by atoms with Crippen LogP contribution in [0.25, 0.3) is 10.9 Å². The Labute approximate surface area is 123 Å². The third kappa shape index (κ3) is 2.74. The molecule has 0 unspecified atom stereocenters. The topological polar surface area (TPSA) is 48.1 Å². The Balaban J connectivity index is 1.83. The Morgan fingerprint density at radius 2 is 1.95 bits per heavy atom. The minimum absolute atomic E-state index is 0.109. The molecule has 3 rings (SSSR count). The van der Waals surface area contributed by atoms with E-state index in [2.05, 4.69) is 10.3 Å². The Kier molecular flexibility index (Phi) is 3.36. The Morgan fingerprint density at radius 1 is 1.10 bits per heavy atom. The van der Waals surface area contributed by atoms with Crippen molar-refractivity contribution in [1.29, 1.82) is 0 Å². The lowest BCUT2D eigenvalue weighted by molar-refractivity contribution is 0.102. The van der Waals surface area contributed by atoms with Crippen LogP contribution in [-0.2, 0) is 0 Å². The van der Waals surface area contributed by atoms with E-state index >= 15 is 0 Å². The number of benzene rings is 2. The van der Waals surface area contributed by atoms with Gasteiger partial charge >= 0.3 is 0 Å². The van der Waals surface area contributed by atoms with Crippen molar-refractivity contribution in [3.8, 4) is 0 Å². The molecule has 2 aromatic carbocycles. The second kappa shape index (κ2) is 5.32. The molecule has 1 heterocycles. The summed E-state index contributed by atoms with van der Waals surface area (Å²) in [7, 11) is 3.94. The maximum absolute atomic E-state index is 12.3. The number of aromatic amines is 1. The molecular weight excluding hydrogens is 262 g/mol. The Hall–Kier alpha value is -2.75. The normalized spacial score (nSPS) is 10.6. The summed E-state index contributed by atoms with van der Waals surface area (Å²) in [5.74, 6) is -0.109. The van der Waals surface area contributed by atoms with E-state index in [0.717, 1.165) is 22.3 Å². The average molecular weight is 279 g/mol. The maximum atomic E-state index is 12.3. The smallest absolute Gasteiger partial charge is 0.255 e. The van der Waals surface area contributed by atoms with Crippen molar-refractivity contribution in [1.82, 2.24) is 4.98 Å². The lowest BCUT2D eigenvalue weighted by atomic mass is 10.1. The molecule has 1 aromatic heterocycles. The van der Waals surface area contributed by atoms with Crippen LogP contribution in [0.15, 0.2) is 54.7 Å². The van der Waals surface area contributed by atoms with Gasteiger partial charge in [-0.1, -0.05) is 12.1 Å². The zero-order chi connectivity index (χ0) is 14.8. The number of rotatable bonds is 3. The minimum atomic E-state index is -0.109. The third-order valence-corrected chi connectivity index (χ3v) is 3.44. The molecular formula is C17H17N3O. The zero-order valence-corrected chi connectivity index (χ0v) is 12.1. The Bertz CT molecular complexity index is 789. The fraction of sp³-hybridized carbons (Fsp3) is 0.118. The second-order valence-corrected chi connectivity index (χ2v) is 5.18. The average Bonchev–Trinajstić information content (AvgIpc) is 2.94. The van der Waals surface area contributed by atoms with Gasteiger partial charge in [0.25, 0.3) is 5.91 Å². The summed E-state index contributed by atoms with van der Waals surface area (Å²) in [6.07, 6.45) is 1.87. The van der Waals surface area contributed by atoms with Crippen molar-refractivity contribution >= 4 is 28.2 Å². The van der Waals surface area contributed by atoms with E-state index in [1.165, 1.54) is 0 Å². The SMILES string of the molecule is CN(C)c1cccc(NC(=O)c2ccc3cc[nH]c3c2)c1. The van der Waals surface area contributed by atoms with E-state index in [0.29, 0.717) is 5.56 Å². The molecule has 0 spiro atoms. The molecule has 4 heteroatoms. The van der Waals surface area contributed by atoms with Gasteiger partial charge in [0.15, 0.2) is 0 Å². The molecule has 0 saturated heterocycles. The van der Waals surface area contributed by atoms with Crippen molar-refractivity contribution in [3.05, 3.63) is 60.3 Å². The summed E-state index contributed by atoms with van der Waals surface area (Å²) < 4.78 is 0. The van der Waals surface area contributed by atoms with Crippen LogP contribution in [0, 0.1) is 0 Å². The van der Waals surface area contributed by atoms with Gasteiger partial charge in [0.1, 0.15) is 0 Å². The molecule has 0 fully saturated rings. The van der Waals surface area contributed by atoms with Crippen LogP contribution in [0.1, 0.15) is 10.4 Å². The molecule has 0 aliphatic carbocycles. The molecule has 4 nitrogen and oxygen atoms in total. The van der Waals surface area contributed by atoms with Crippen LogP contribution in [0.2, 0.25) is 0 Å². The highest BCUT2D eigenvalue weighted by Gasteiger charge is 2.08. The lowest BCUT2D eigenvalue weighted by Gasteiger charge is -2.14. The van der Waals surface area contributed by atoms with E-state index in [4.69, 9.17) is 0 Å². The quantitative estimate of drug-likeness (QED) is 0.771. The Morgan fingerprint density at radius 3 is 2.76 bits per heavy atom. The number of hydrogen-bond donors (Lipinski definition) is 2. The number of carbonyl (C=O) groups excluding carboxylic acids is 1. The van der Waals surface area contributed by atoms with Gasteiger partial charge in [-0.15, -0.1) is 0 Å². The van der Waals surface area contributed by atoms with Gasteiger partial charge in [0.05, 0.1) is 0 Å². The number of anilines is 2. The van der Waals surface area contributed by atoms with Crippen LogP contribution >= 0.6 is 0 Å². The number of H-pyrrole nitrogens is 1. The first-order valence-corrected chi connectivity index (χ1v) is 6.79. The predicted molar refractivity (Wildman–Crippen MR) is 87.0 cm³/mol. The monoisotopic (exact) mass is 279 g/mol. The molecule has 0 saturated carbocycles. The summed E-state index contributed by atoms with van der Waals surface area (Å²) in [6, 6.07) is 15.4. The third-order valence-electron chi connectivity index (χ3n) is 3.44. The summed E-state index contributed by atoms with van der Waals surface area (Å²) in [6.45, 7) is 0. The van der Waals surface area contributed by atoms with E-state index in [-0.39, 0.29) is 5.91 Å². The van der Waals surface area contributed by atoms with Gasteiger partial charge in [-0.3, -0.25) is 4.79 Å². The first kappa shape index (κ1) is 13.2. The fourth-order valence-corrected chi connectivity index (χ4v) is 2.25. The molecule has 0 atom stereocenters. The summed E-state index contributed by atoms with van der Waals surface area (Å²) in [4.78, 5) is 17.4. The van der Waals surface area contributed by atoms with Crippen LogP contribution in [0.5, 0.6) is 0 Å². The number of nitrogens with zero attached hydrogens (tertiary/aromatic N) is 1. The first-order chi connectivity index (χ1) is 10.1. The molecule has 106 valence electrons. The molecule has 0 radical (unpaired) electrons. The fourth-order valence-electron chi connectivity index (χ4n) is 2.25. The van der Waals surface area contributed by atoms with Crippen LogP contribution in [0.3, 0.4) is 0 Å². The first-order valence-electron chi connectivity index (χ1n) is 6.79. The van der Waals surface area contributed by atoms with Crippen molar-refractivity contribution in [2.75, 3.05) is 24.3 Å². The highest BCUT2D eigenvalue weighted by Crippen LogP contribution is 2.19. The number of hydrogen-bond acceptors (Lipinski definition) is 2. The molecule has 1 amide bonds. The van der Waals surface area contributed by atoms with E-state index in [9.17, 15) is 4.79 Å². The van der Waals surface area contributed by atoms with Gasteiger partial charge in [-0.25, -0.2) is 0 Å². The van der Waals surface area contributed by atoms with Gasteiger partial charge in [-0.2, -0.15) is 0 Å². The summed E-state index contributed by atoms with van der Waals surface area (Å²) in [5.41, 5.74) is 3.44. The summed E-state index contributed by atoms with van der Waals surface area (Å²) >= 11 is 0. The van der Waals surface area contributed by atoms with Crippen molar-refractivity contribution in [2.45, 2.75) is 0 Å². The minimum Gasteiger partial charge on any atom is -0.378 e. The van der Waals surface area contributed by atoms with E-state index in [1.807, 2.05) is 73.7 Å². The highest BCUT2D eigenvalue weighted by molar-refractivity contribution is 6.06. The number of nitrogens with one attached hydrogen (secondary N) is 2. The van der Waals surface area contributed by atoms with E-state index in [1.54, 1.807) is 0 Å². The molecule has 2 N–H and O–H groups in total. The highest BCUT2D eigenvalue weighted by atomic mass is 16.1. The van der Waals surface area contributed by atoms with Crippen LogP contribution in [0.4, 0.5) is 11.4 Å². The molecule has 0 aliphatic heterocycles. The number of aromatic nitrogens is 1. The number of fused-ring (bicyclic) bond motifs is 1. The van der Waals surface area contributed by atoms with Crippen LogP contribution in [-0.4, -0.2) is 25.0 Å². The van der Waals surface area contributed by atoms with Gasteiger partial charge < -0.3 is 15.2 Å². The van der Waals surface area contributed by atoms with Gasteiger partial charge in [0.2, 0.25) is 0 Å². The van der Waals surface area contributed by atoms with Crippen molar-refractivity contribution < 1.29 is 4.79 Å². The predicted octanol–water partition coefficient (Wildman–Crippen LogP) is 3.49. The lowest BCUT2D eigenvalue weighted by Crippen LogP contribution is -2.13. The largest absolute Gasteiger partial charge is 0.378 e. The van der Waals surface area contributed by atoms with Crippen molar-refractivity contribution in [3.63, 3.8) is 0 Å². The zero-order valence-electron chi connectivity index (χ0n) is 12.1. The number of carbonyl (C=O) groups is 1. The standard InChI is InChI=1S/C17H17N3O/c1-20(2)15-5-3-4-14(11-15)19-17(21)13-7-6-12-8-9-18-16(12)10-13/h3-11,18H,1-2H3,(H,19,21). The number of amides is 1. The molecule has 0 aliphatic rings. The molecule has 0 bridgehead atoms. The van der Waals surface area contributed by atoms with E-state index < -0.39 is 0 Å². The maximum Gasteiger partial charge on any atom is 0.255 e. The van der Waals surface area contributed by atoms with Gasteiger partial charge in [0, 0.05) is 42.7 Å². The van der Waals surface area contributed by atoms with Crippen LogP contribution < -0.4 is 10.2 Å². The summed E-state index contributed by atoms with van der Waals surface area (Å²) in [5, 5.41) is 4.03. The van der Waals surface area contributed by atoms with Crippen molar-refractivity contribution in [2.24, 2.45) is 0 Å².